The van der Waals surface area contributed by atoms with Crippen LogP contribution in [0.15, 0.2) is 0 Å². The number of carboxylic acid groups (broad SMARTS) is 1. The molecule has 0 aromatic heterocycles. The molecule has 0 amide bonds. The summed E-state index contributed by atoms with van der Waals surface area (Å²) in [4.78, 5) is 22.9. The summed E-state index contributed by atoms with van der Waals surface area (Å²) < 4.78 is 4.84. The molecule has 0 aliphatic heterocycles. The minimum Gasteiger partial charge on any atom is -0.480 e. The molecule has 0 heterocycles. The maximum atomic E-state index is 11.7. The summed E-state index contributed by atoms with van der Waals surface area (Å²) in [5.74, 6) is -1.56. The van der Waals surface area contributed by atoms with Gasteiger partial charge < -0.3 is 20.7 Å². The lowest BCUT2D eigenvalue weighted by Crippen LogP contribution is -2.52. The molecule has 23 heavy (non-hydrogen) atoms. The van der Waals surface area contributed by atoms with Crippen LogP contribution in [0.25, 0.3) is 0 Å². The van der Waals surface area contributed by atoms with E-state index >= 15 is 0 Å². The third-order valence-corrected chi connectivity index (χ3v) is 4.01. The Morgan fingerprint density at radius 1 is 1.13 bits per heavy atom. The SMILES string of the molecule is CC(C)(N)C(C)(C)O.CCOC(=O)C(CC)(CC(C)C)C(=O)O. The summed E-state index contributed by atoms with van der Waals surface area (Å²) in [6, 6.07) is 0. The van der Waals surface area contributed by atoms with Crippen molar-refractivity contribution in [1.29, 1.82) is 0 Å². The Hall–Kier alpha value is -1.14. The monoisotopic (exact) mass is 333 g/mol. The van der Waals surface area contributed by atoms with Crippen molar-refractivity contribution in [3.63, 3.8) is 0 Å². The van der Waals surface area contributed by atoms with Crippen molar-refractivity contribution in [2.45, 2.75) is 79.4 Å². The van der Waals surface area contributed by atoms with Gasteiger partial charge in [0.1, 0.15) is 0 Å². The van der Waals surface area contributed by atoms with Crippen LogP contribution in [0.1, 0.15) is 68.2 Å². The average molecular weight is 333 g/mol. The molecule has 0 aromatic carbocycles. The highest BCUT2D eigenvalue weighted by Gasteiger charge is 2.46. The number of ether oxygens (including phenoxy) is 1. The molecule has 0 aromatic rings. The first kappa shape index (κ1) is 24.1. The van der Waals surface area contributed by atoms with Crippen LogP contribution in [0.4, 0.5) is 0 Å². The van der Waals surface area contributed by atoms with Crippen molar-refractivity contribution in [2.75, 3.05) is 6.61 Å². The van der Waals surface area contributed by atoms with E-state index in [1.807, 2.05) is 13.8 Å². The van der Waals surface area contributed by atoms with Crippen LogP contribution in [0.2, 0.25) is 0 Å². The van der Waals surface area contributed by atoms with Crippen LogP contribution < -0.4 is 5.73 Å². The summed E-state index contributed by atoms with van der Waals surface area (Å²) in [5, 5.41) is 18.4. The molecule has 1 atom stereocenters. The van der Waals surface area contributed by atoms with Gasteiger partial charge in [-0.3, -0.25) is 9.59 Å². The number of carbonyl (C=O) groups excluding carboxylic acids is 1. The maximum Gasteiger partial charge on any atom is 0.323 e. The van der Waals surface area contributed by atoms with Crippen molar-refractivity contribution >= 4 is 11.9 Å². The fraction of sp³-hybridized carbons (Fsp3) is 0.882. The summed E-state index contributed by atoms with van der Waals surface area (Å²) in [6.45, 7) is 14.4. The number of aliphatic carboxylic acids is 1. The second kappa shape index (κ2) is 9.23. The molecule has 0 saturated heterocycles. The van der Waals surface area contributed by atoms with Gasteiger partial charge in [0.2, 0.25) is 0 Å². The Kier molecular flexibility index (Phi) is 9.68. The molecule has 0 spiro atoms. The second-order valence-electron chi connectivity index (χ2n) is 7.34. The summed E-state index contributed by atoms with van der Waals surface area (Å²) >= 11 is 0. The molecule has 4 N–H and O–H groups in total. The lowest BCUT2D eigenvalue weighted by molar-refractivity contribution is -0.170. The quantitative estimate of drug-likeness (QED) is 0.488. The zero-order chi connectivity index (χ0) is 19.1. The van der Waals surface area contributed by atoms with Gasteiger partial charge >= 0.3 is 11.9 Å². The van der Waals surface area contributed by atoms with Gasteiger partial charge in [0.05, 0.1) is 12.2 Å². The first-order valence-corrected chi connectivity index (χ1v) is 8.07. The number of hydrogen-bond acceptors (Lipinski definition) is 5. The van der Waals surface area contributed by atoms with Crippen molar-refractivity contribution in [2.24, 2.45) is 17.1 Å². The van der Waals surface area contributed by atoms with E-state index in [4.69, 9.17) is 15.6 Å². The van der Waals surface area contributed by atoms with Crippen LogP contribution in [-0.2, 0) is 14.3 Å². The topological polar surface area (TPSA) is 110 Å². The largest absolute Gasteiger partial charge is 0.480 e. The molecule has 0 saturated carbocycles. The third kappa shape index (κ3) is 7.79. The van der Waals surface area contributed by atoms with Crippen LogP contribution in [0.5, 0.6) is 0 Å². The zero-order valence-corrected chi connectivity index (χ0v) is 15.9. The third-order valence-electron chi connectivity index (χ3n) is 4.01. The standard InChI is InChI=1S/C11H20O4.C6H15NO/c1-5-11(9(12)13,7-8(3)4)10(14)15-6-2;1-5(2,7)6(3,4)8/h8H,5-7H2,1-4H3,(H,12,13);8H,7H2,1-4H3. The first-order valence-electron chi connectivity index (χ1n) is 8.07. The predicted molar refractivity (Wildman–Crippen MR) is 91.0 cm³/mol. The molecule has 0 rings (SSSR count). The summed E-state index contributed by atoms with van der Waals surface area (Å²) in [6.07, 6.45) is 0.580. The zero-order valence-electron chi connectivity index (χ0n) is 15.9. The number of carbonyl (C=O) groups is 2. The van der Waals surface area contributed by atoms with E-state index in [9.17, 15) is 14.7 Å². The average Bonchev–Trinajstić information content (AvgIpc) is 2.33. The number of carboxylic acids is 1. The Labute approximate surface area is 140 Å². The van der Waals surface area contributed by atoms with Crippen molar-refractivity contribution in [3.05, 3.63) is 0 Å². The van der Waals surface area contributed by atoms with E-state index in [1.54, 1.807) is 41.5 Å². The van der Waals surface area contributed by atoms with Gasteiger partial charge in [0.25, 0.3) is 0 Å². The Morgan fingerprint density at radius 2 is 1.52 bits per heavy atom. The minimum atomic E-state index is -1.37. The Morgan fingerprint density at radius 3 is 1.70 bits per heavy atom. The highest BCUT2D eigenvalue weighted by atomic mass is 16.5. The van der Waals surface area contributed by atoms with Gasteiger partial charge in [-0.25, -0.2) is 0 Å². The molecule has 0 bridgehead atoms. The maximum absolute atomic E-state index is 11.7. The summed E-state index contributed by atoms with van der Waals surface area (Å²) in [5.41, 5.74) is 2.90. The Balaban J connectivity index is 0. The second-order valence-corrected chi connectivity index (χ2v) is 7.34. The van der Waals surface area contributed by atoms with E-state index in [2.05, 4.69) is 0 Å². The molecule has 6 nitrogen and oxygen atoms in total. The van der Waals surface area contributed by atoms with Crippen LogP contribution >= 0.6 is 0 Å². The highest BCUT2D eigenvalue weighted by molar-refractivity contribution is 5.99. The molecule has 1 unspecified atom stereocenters. The van der Waals surface area contributed by atoms with Crippen molar-refractivity contribution in [1.82, 2.24) is 0 Å². The molecule has 6 heteroatoms. The lowest BCUT2D eigenvalue weighted by atomic mass is 9.78. The van der Waals surface area contributed by atoms with Gasteiger partial charge in [0.15, 0.2) is 5.41 Å². The molecule has 138 valence electrons. The molecule has 0 aliphatic rings. The van der Waals surface area contributed by atoms with Gasteiger partial charge in [-0.1, -0.05) is 20.8 Å². The van der Waals surface area contributed by atoms with E-state index in [0.717, 1.165) is 0 Å². The molecule has 0 aliphatic carbocycles. The van der Waals surface area contributed by atoms with Crippen molar-refractivity contribution in [3.8, 4) is 0 Å². The fourth-order valence-electron chi connectivity index (χ4n) is 1.66. The normalized spacial score (nSPS) is 14.6. The molecular weight excluding hydrogens is 298 g/mol. The molecule has 0 radical (unpaired) electrons. The number of nitrogens with two attached hydrogens (primary N) is 1. The van der Waals surface area contributed by atoms with Crippen molar-refractivity contribution < 1.29 is 24.5 Å². The van der Waals surface area contributed by atoms with Gasteiger partial charge in [-0.15, -0.1) is 0 Å². The molecule has 0 fully saturated rings. The van der Waals surface area contributed by atoms with E-state index < -0.39 is 28.5 Å². The number of rotatable bonds is 7. The van der Waals surface area contributed by atoms with Gasteiger partial charge in [-0.2, -0.15) is 0 Å². The van der Waals surface area contributed by atoms with E-state index in [1.165, 1.54) is 0 Å². The van der Waals surface area contributed by atoms with Crippen LogP contribution in [0.3, 0.4) is 0 Å². The number of hydrogen-bond donors (Lipinski definition) is 3. The highest BCUT2D eigenvalue weighted by Crippen LogP contribution is 2.32. The minimum absolute atomic E-state index is 0.144. The first-order chi connectivity index (χ1) is 10.2. The number of aliphatic hydroxyl groups is 1. The van der Waals surface area contributed by atoms with Gasteiger partial charge in [0, 0.05) is 5.54 Å². The predicted octanol–water partition coefficient (Wildman–Crippen LogP) is 2.57. The number of esters is 1. The van der Waals surface area contributed by atoms with Crippen LogP contribution in [-0.4, -0.2) is 39.9 Å². The van der Waals surface area contributed by atoms with E-state index in [-0.39, 0.29) is 18.9 Å². The van der Waals surface area contributed by atoms with E-state index in [0.29, 0.717) is 6.42 Å². The summed E-state index contributed by atoms with van der Waals surface area (Å²) in [7, 11) is 0. The smallest absolute Gasteiger partial charge is 0.323 e. The van der Waals surface area contributed by atoms with Gasteiger partial charge in [-0.05, 0) is 53.4 Å². The lowest BCUT2D eigenvalue weighted by Gasteiger charge is -2.32. The Bertz CT molecular complexity index is 367. The molecular formula is C17H35NO5. The fourth-order valence-corrected chi connectivity index (χ4v) is 1.66. The van der Waals surface area contributed by atoms with Crippen LogP contribution in [0, 0.1) is 11.3 Å².